The predicted octanol–water partition coefficient (Wildman–Crippen LogP) is 3.12. The van der Waals surface area contributed by atoms with Crippen LogP contribution < -0.4 is 16.0 Å². The molecule has 2 aromatic rings. The number of aromatic amines is 1. The van der Waals surface area contributed by atoms with Crippen LogP contribution in [0.3, 0.4) is 0 Å². The summed E-state index contributed by atoms with van der Waals surface area (Å²) in [4.78, 5) is 33.6. The molecule has 0 saturated carbocycles. The van der Waals surface area contributed by atoms with Crippen molar-refractivity contribution < 1.29 is 19.1 Å². The molecule has 1 unspecified atom stereocenters. The van der Waals surface area contributed by atoms with Crippen molar-refractivity contribution >= 4 is 23.4 Å². The van der Waals surface area contributed by atoms with Gasteiger partial charge in [-0.2, -0.15) is 5.10 Å². The first kappa shape index (κ1) is 25.3. The average molecular weight is 438 g/mol. The summed E-state index contributed by atoms with van der Waals surface area (Å²) in [7, 11) is 0. The Balaban J connectivity index is 0.000000804. The van der Waals surface area contributed by atoms with Gasteiger partial charge in [0.1, 0.15) is 24.2 Å². The molecule has 2 rings (SSSR count). The number of aromatic nitrogens is 2. The molecule has 1 aromatic heterocycles. The second-order valence-corrected chi connectivity index (χ2v) is 8.20. The fourth-order valence-corrected chi connectivity index (χ4v) is 2.37. The molecule has 1 atom stereocenters. The van der Waals surface area contributed by atoms with Crippen LogP contribution in [0, 0.1) is 0 Å². The molecule has 1 heterocycles. The second kappa shape index (κ2) is 11.5. The number of nitrogens with two attached hydrogens (primary N) is 1. The molecular formula is C21H28ClN3O5. The third-order valence-electron chi connectivity index (χ3n) is 3.17. The maximum atomic E-state index is 11.3. The Bertz CT molecular complexity index is 879. The van der Waals surface area contributed by atoms with Gasteiger partial charge in [-0.05, 0) is 52.0 Å². The van der Waals surface area contributed by atoms with Crippen molar-refractivity contribution in [2.24, 2.45) is 5.73 Å². The number of H-pyrrole nitrogens is 1. The Morgan fingerprint density at radius 2 is 1.83 bits per heavy atom. The molecule has 0 aliphatic rings. The number of carbonyl (C=O) groups is 2. The first-order valence-electron chi connectivity index (χ1n) is 9.29. The number of Topliss-reactive ketones (excluding diaryl/α,β-unsaturated/α-hetero) is 1. The van der Waals surface area contributed by atoms with Crippen molar-refractivity contribution in [2.75, 3.05) is 6.61 Å². The zero-order valence-electron chi connectivity index (χ0n) is 17.8. The molecule has 0 fully saturated rings. The minimum Gasteiger partial charge on any atom is -0.489 e. The van der Waals surface area contributed by atoms with Crippen molar-refractivity contribution in [2.45, 2.75) is 52.7 Å². The van der Waals surface area contributed by atoms with E-state index in [2.05, 4.69) is 10.2 Å². The SMILES string of the molecule is CC(=O)CC(COc1ccc(Cl)cc1-c1ccc(=O)[nH]n1)OC(C)=O.CC(C)(C)N. The molecule has 0 aliphatic carbocycles. The second-order valence-electron chi connectivity index (χ2n) is 7.76. The number of ketones is 1. The minimum absolute atomic E-state index is 0. The Labute approximate surface area is 180 Å². The fourth-order valence-electron chi connectivity index (χ4n) is 2.20. The van der Waals surface area contributed by atoms with Gasteiger partial charge in [-0.3, -0.25) is 14.4 Å². The van der Waals surface area contributed by atoms with Crippen molar-refractivity contribution in [3.05, 3.63) is 45.7 Å². The van der Waals surface area contributed by atoms with E-state index in [9.17, 15) is 14.4 Å². The van der Waals surface area contributed by atoms with Gasteiger partial charge >= 0.3 is 5.97 Å². The molecule has 0 saturated heterocycles. The zero-order valence-corrected chi connectivity index (χ0v) is 18.6. The molecule has 0 bridgehead atoms. The Morgan fingerprint density at radius 1 is 1.20 bits per heavy atom. The van der Waals surface area contributed by atoms with Gasteiger partial charge in [0.2, 0.25) is 0 Å². The van der Waals surface area contributed by atoms with Gasteiger partial charge in [0, 0.05) is 35.5 Å². The van der Waals surface area contributed by atoms with E-state index in [1.54, 1.807) is 18.2 Å². The molecular weight excluding hydrogens is 410 g/mol. The summed E-state index contributed by atoms with van der Waals surface area (Å²) in [5.74, 6) is -0.174. The predicted molar refractivity (Wildman–Crippen MR) is 116 cm³/mol. The van der Waals surface area contributed by atoms with Crippen molar-refractivity contribution in [1.82, 2.24) is 10.2 Å². The van der Waals surface area contributed by atoms with Crippen molar-refractivity contribution in [3.8, 4) is 17.0 Å². The van der Waals surface area contributed by atoms with Crippen LogP contribution in [0.25, 0.3) is 11.3 Å². The van der Waals surface area contributed by atoms with Crippen molar-refractivity contribution in [3.63, 3.8) is 0 Å². The van der Waals surface area contributed by atoms with Gasteiger partial charge < -0.3 is 15.2 Å². The third kappa shape index (κ3) is 10.7. The van der Waals surface area contributed by atoms with E-state index in [1.165, 1.54) is 26.0 Å². The van der Waals surface area contributed by atoms with Gasteiger partial charge in [0.15, 0.2) is 0 Å². The highest BCUT2D eigenvalue weighted by molar-refractivity contribution is 6.30. The largest absolute Gasteiger partial charge is 0.489 e. The number of benzene rings is 1. The molecule has 0 radical (unpaired) electrons. The number of hydrogen-bond donors (Lipinski definition) is 2. The normalized spacial score (nSPS) is 11.7. The molecule has 0 spiro atoms. The van der Waals surface area contributed by atoms with E-state index in [1.807, 2.05) is 20.8 Å². The smallest absolute Gasteiger partial charge is 0.303 e. The highest BCUT2D eigenvalue weighted by atomic mass is 35.5. The summed E-state index contributed by atoms with van der Waals surface area (Å²) in [6.45, 7) is 8.57. The minimum atomic E-state index is -0.693. The van der Waals surface area contributed by atoms with Crippen LogP contribution in [0.1, 0.15) is 41.0 Å². The van der Waals surface area contributed by atoms with Gasteiger partial charge in [-0.15, -0.1) is 0 Å². The van der Waals surface area contributed by atoms with Crippen LogP contribution in [0.15, 0.2) is 35.1 Å². The van der Waals surface area contributed by atoms with Crippen molar-refractivity contribution in [1.29, 1.82) is 0 Å². The summed E-state index contributed by atoms with van der Waals surface area (Å²) in [6.07, 6.45) is -0.638. The lowest BCUT2D eigenvalue weighted by Gasteiger charge is -2.18. The van der Waals surface area contributed by atoms with Gasteiger partial charge in [0.05, 0.1) is 5.69 Å². The molecule has 1 aromatic carbocycles. The van der Waals surface area contributed by atoms with Crippen LogP contribution in [-0.4, -0.2) is 40.2 Å². The van der Waals surface area contributed by atoms with Gasteiger partial charge in [-0.25, -0.2) is 5.10 Å². The van der Waals surface area contributed by atoms with Crippen LogP contribution in [-0.2, 0) is 14.3 Å². The van der Waals surface area contributed by atoms with Gasteiger partial charge in [-0.1, -0.05) is 11.6 Å². The van der Waals surface area contributed by atoms with Crippen LogP contribution in [0.2, 0.25) is 5.02 Å². The number of nitrogens with zero attached hydrogens (tertiary/aromatic N) is 1. The first-order chi connectivity index (χ1) is 13.8. The van der Waals surface area contributed by atoms with E-state index in [-0.39, 0.29) is 29.9 Å². The summed E-state index contributed by atoms with van der Waals surface area (Å²) in [5.41, 5.74) is 6.05. The maximum absolute atomic E-state index is 11.3. The standard InChI is InChI=1S/C17H17ClN2O5.C4H11N/c1-10(21)7-13(25-11(2)22)9-24-16-5-3-12(18)8-14(16)15-4-6-17(23)20-19-15;1-4(2,3)5/h3-6,8,13H,7,9H2,1-2H3,(H,20,23);5H2,1-3H3. The highest BCUT2D eigenvalue weighted by Crippen LogP contribution is 2.31. The number of rotatable bonds is 7. The number of nitrogens with one attached hydrogen (secondary N) is 1. The number of halogens is 1. The topological polar surface area (TPSA) is 124 Å². The lowest BCUT2D eigenvalue weighted by Crippen LogP contribution is -2.26. The molecule has 8 nitrogen and oxygen atoms in total. The number of carbonyl (C=O) groups excluding carboxylic acids is 2. The quantitative estimate of drug-likeness (QED) is 0.637. The number of ether oxygens (including phenoxy) is 2. The Hall–Kier alpha value is -2.71. The lowest BCUT2D eigenvalue weighted by atomic mass is 10.1. The fraction of sp³-hybridized carbons (Fsp3) is 0.429. The summed E-state index contributed by atoms with van der Waals surface area (Å²) in [5, 5.41) is 6.77. The van der Waals surface area contributed by atoms with Crippen LogP contribution >= 0.6 is 11.6 Å². The Morgan fingerprint density at radius 3 is 2.33 bits per heavy atom. The third-order valence-corrected chi connectivity index (χ3v) is 3.40. The lowest BCUT2D eigenvalue weighted by molar-refractivity contribution is -0.149. The van der Waals surface area contributed by atoms with Gasteiger partial charge in [0.25, 0.3) is 5.56 Å². The van der Waals surface area contributed by atoms with Crippen LogP contribution in [0.4, 0.5) is 0 Å². The zero-order chi connectivity index (χ0) is 22.9. The summed E-state index contributed by atoms with van der Waals surface area (Å²) in [6, 6.07) is 7.80. The van der Waals surface area contributed by atoms with E-state index < -0.39 is 12.1 Å². The highest BCUT2D eigenvalue weighted by Gasteiger charge is 2.17. The summed E-state index contributed by atoms with van der Waals surface area (Å²) < 4.78 is 10.8. The van der Waals surface area contributed by atoms with Crippen LogP contribution in [0.5, 0.6) is 5.75 Å². The number of hydrogen-bond acceptors (Lipinski definition) is 7. The molecule has 0 amide bonds. The molecule has 30 heavy (non-hydrogen) atoms. The van der Waals surface area contributed by atoms with E-state index in [0.717, 1.165) is 0 Å². The van der Waals surface area contributed by atoms with E-state index in [0.29, 0.717) is 22.0 Å². The molecule has 164 valence electrons. The van der Waals surface area contributed by atoms with E-state index >= 15 is 0 Å². The summed E-state index contributed by atoms with van der Waals surface area (Å²) >= 11 is 6.03. The maximum Gasteiger partial charge on any atom is 0.303 e. The monoisotopic (exact) mass is 437 g/mol. The average Bonchev–Trinajstić information content (AvgIpc) is 2.58. The molecule has 3 N–H and O–H groups in total. The number of esters is 1. The van der Waals surface area contributed by atoms with E-state index in [4.69, 9.17) is 26.8 Å². The molecule has 0 aliphatic heterocycles. The molecule has 9 heteroatoms. The Kier molecular flexibility index (Phi) is 9.68. The first-order valence-corrected chi connectivity index (χ1v) is 9.67.